The Labute approximate surface area is 97.8 Å². The fourth-order valence-electron chi connectivity index (χ4n) is 2.09. The number of rotatable bonds is 6. The number of hydrogen-bond donors (Lipinski definition) is 3. The molecule has 0 aromatic carbocycles. The third-order valence-corrected chi connectivity index (χ3v) is 2.87. The van der Waals surface area contributed by atoms with Gasteiger partial charge in [-0.1, -0.05) is 13.8 Å². The van der Waals surface area contributed by atoms with E-state index in [9.17, 15) is 9.90 Å². The molecule has 0 aromatic rings. The monoisotopic (exact) mass is 228 g/mol. The summed E-state index contributed by atoms with van der Waals surface area (Å²) in [5.41, 5.74) is 0. The van der Waals surface area contributed by atoms with Crippen LogP contribution in [0.5, 0.6) is 0 Å². The molecule has 1 rings (SSSR count). The first-order valence-corrected chi connectivity index (χ1v) is 6.26. The van der Waals surface area contributed by atoms with Gasteiger partial charge in [0.15, 0.2) is 0 Å². The molecule has 1 aliphatic rings. The van der Waals surface area contributed by atoms with E-state index < -0.39 is 6.10 Å². The zero-order valence-corrected chi connectivity index (χ0v) is 10.3. The van der Waals surface area contributed by atoms with Crippen LogP contribution in [0.3, 0.4) is 0 Å². The van der Waals surface area contributed by atoms with Crippen LogP contribution in [0.4, 0.5) is 0 Å². The molecule has 1 aliphatic heterocycles. The Bertz CT molecular complexity index is 213. The Morgan fingerprint density at radius 1 is 1.56 bits per heavy atom. The van der Waals surface area contributed by atoms with Crippen LogP contribution in [-0.4, -0.2) is 36.2 Å². The predicted molar refractivity (Wildman–Crippen MR) is 64.1 cm³/mol. The minimum atomic E-state index is -0.416. The molecule has 1 saturated heterocycles. The van der Waals surface area contributed by atoms with Crippen LogP contribution in [0.2, 0.25) is 0 Å². The van der Waals surface area contributed by atoms with Gasteiger partial charge in [-0.05, 0) is 31.7 Å². The van der Waals surface area contributed by atoms with Gasteiger partial charge in [-0.25, -0.2) is 0 Å². The average molecular weight is 228 g/mol. The lowest BCUT2D eigenvalue weighted by Gasteiger charge is -2.15. The molecular weight excluding hydrogens is 204 g/mol. The van der Waals surface area contributed by atoms with Crippen molar-refractivity contribution in [2.45, 2.75) is 51.7 Å². The maximum absolute atomic E-state index is 11.5. The third kappa shape index (κ3) is 5.47. The van der Waals surface area contributed by atoms with E-state index in [-0.39, 0.29) is 5.91 Å². The molecule has 16 heavy (non-hydrogen) atoms. The molecule has 1 heterocycles. The van der Waals surface area contributed by atoms with Crippen LogP contribution in [0.25, 0.3) is 0 Å². The maximum atomic E-state index is 11.5. The minimum absolute atomic E-state index is 0.0437. The fraction of sp³-hybridized carbons (Fsp3) is 0.917. The van der Waals surface area contributed by atoms with Crippen LogP contribution in [-0.2, 0) is 4.79 Å². The highest BCUT2D eigenvalue weighted by Crippen LogP contribution is 2.08. The van der Waals surface area contributed by atoms with E-state index in [0.717, 1.165) is 25.8 Å². The predicted octanol–water partition coefficient (Wildman–Crippen LogP) is 0.652. The van der Waals surface area contributed by atoms with Crippen LogP contribution >= 0.6 is 0 Å². The summed E-state index contributed by atoms with van der Waals surface area (Å²) >= 11 is 0. The van der Waals surface area contributed by atoms with Crippen molar-refractivity contribution in [2.24, 2.45) is 5.92 Å². The molecule has 94 valence electrons. The lowest BCUT2D eigenvalue weighted by Crippen LogP contribution is -2.36. The van der Waals surface area contributed by atoms with E-state index in [2.05, 4.69) is 24.5 Å². The van der Waals surface area contributed by atoms with Crippen LogP contribution in [0, 0.1) is 5.92 Å². The second-order valence-corrected chi connectivity index (χ2v) is 5.08. The molecule has 1 fully saturated rings. The summed E-state index contributed by atoms with van der Waals surface area (Å²) in [7, 11) is 0. The summed E-state index contributed by atoms with van der Waals surface area (Å²) in [5.74, 6) is 0.505. The lowest BCUT2D eigenvalue weighted by molar-refractivity contribution is -0.122. The van der Waals surface area contributed by atoms with Crippen molar-refractivity contribution >= 4 is 5.91 Å². The zero-order valence-electron chi connectivity index (χ0n) is 10.3. The Morgan fingerprint density at radius 3 is 2.88 bits per heavy atom. The first kappa shape index (κ1) is 13.5. The standard InChI is InChI=1S/C12H24N2O2/c1-9(2)6-11(15)8-14-12(16)7-10-4-3-5-13-10/h9-11,13,15H,3-8H2,1-2H3,(H,14,16). The van der Waals surface area contributed by atoms with Gasteiger partial charge >= 0.3 is 0 Å². The van der Waals surface area contributed by atoms with E-state index >= 15 is 0 Å². The number of carbonyl (C=O) groups is 1. The number of aliphatic hydroxyl groups excluding tert-OH is 1. The SMILES string of the molecule is CC(C)CC(O)CNC(=O)CC1CCCN1. The van der Waals surface area contributed by atoms with Gasteiger partial charge in [0.2, 0.25) is 5.91 Å². The van der Waals surface area contributed by atoms with Crippen LogP contribution < -0.4 is 10.6 Å². The van der Waals surface area contributed by atoms with E-state index in [1.807, 2.05) is 0 Å². The van der Waals surface area contributed by atoms with Gasteiger partial charge in [-0.3, -0.25) is 4.79 Å². The molecule has 0 saturated carbocycles. The Balaban J connectivity index is 2.09. The Hall–Kier alpha value is -0.610. The zero-order chi connectivity index (χ0) is 12.0. The average Bonchev–Trinajstić information content (AvgIpc) is 2.66. The van der Waals surface area contributed by atoms with Gasteiger partial charge in [0.1, 0.15) is 0 Å². The van der Waals surface area contributed by atoms with E-state index in [1.165, 1.54) is 0 Å². The highest BCUT2D eigenvalue weighted by atomic mass is 16.3. The summed E-state index contributed by atoms with van der Waals surface area (Å²) < 4.78 is 0. The van der Waals surface area contributed by atoms with Gasteiger partial charge in [0, 0.05) is 19.0 Å². The quantitative estimate of drug-likeness (QED) is 0.625. The molecule has 2 atom stereocenters. The van der Waals surface area contributed by atoms with E-state index in [4.69, 9.17) is 0 Å². The first-order valence-electron chi connectivity index (χ1n) is 6.26. The van der Waals surface area contributed by atoms with Gasteiger partial charge in [-0.15, -0.1) is 0 Å². The van der Waals surface area contributed by atoms with E-state index in [0.29, 0.717) is 24.9 Å². The van der Waals surface area contributed by atoms with E-state index in [1.54, 1.807) is 0 Å². The smallest absolute Gasteiger partial charge is 0.221 e. The second kappa shape index (κ2) is 6.86. The van der Waals surface area contributed by atoms with Crippen molar-refractivity contribution in [1.29, 1.82) is 0 Å². The molecule has 0 spiro atoms. The fourth-order valence-corrected chi connectivity index (χ4v) is 2.09. The summed E-state index contributed by atoms with van der Waals surface area (Å²) in [5, 5.41) is 15.7. The number of aliphatic hydroxyl groups is 1. The number of hydrogen-bond acceptors (Lipinski definition) is 3. The molecule has 0 aromatic heterocycles. The summed E-state index contributed by atoms with van der Waals surface area (Å²) in [6.45, 7) is 5.53. The maximum Gasteiger partial charge on any atom is 0.221 e. The summed E-state index contributed by atoms with van der Waals surface area (Å²) in [6.07, 6.45) is 3.10. The third-order valence-electron chi connectivity index (χ3n) is 2.87. The molecule has 0 radical (unpaired) electrons. The number of carbonyl (C=O) groups excluding carboxylic acids is 1. The normalized spacial score (nSPS) is 22.4. The highest BCUT2D eigenvalue weighted by Gasteiger charge is 2.17. The van der Waals surface area contributed by atoms with Crippen LogP contribution in [0.1, 0.15) is 39.5 Å². The highest BCUT2D eigenvalue weighted by molar-refractivity contribution is 5.76. The van der Waals surface area contributed by atoms with Gasteiger partial charge in [0.05, 0.1) is 6.10 Å². The lowest BCUT2D eigenvalue weighted by atomic mass is 10.1. The van der Waals surface area contributed by atoms with Crippen molar-refractivity contribution in [3.05, 3.63) is 0 Å². The Kier molecular flexibility index (Phi) is 5.77. The van der Waals surface area contributed by atoms with Gasteiger partial charge in [-0.2, -0.15) is 0 Å². The van der Waals surface area contributed by atoms with Gasteiger partial charge < -0.3 is 15.7 Å². The molecule has 2 unspecified atom stereocenters. The van der Waals surface area contributed by atoms with Crippen molar-refractivity contribution < 1.29 is 9.90 Å². The molecule has 0 bridgehead atoms. The number of amides is 1. The van der Waals surface area contributed by atoms with Crippen molar-refractivity contribution in [3.63, 3.8) is 0 Å². The molecule has 4 nitrogen and oxygen atoms in total. The van der Waals surface area contributed by atoms with Crippen molar-refractivity contribution in [3.8, 4) is 0 Å². The summed E-state index contributed by atoms with van der Waals surface area (Å²) in [4.78, 5) is 11.5. The topological polar surface area (TPSA) is 61.4 Å². The molecular formula is C12H24N2O2. The minimum Gasteiger partial charge on any atom is -0.391 e. The summed E-state index contributed by atoms with van der Waals surface area (Å²) in [6, 6.07) is 0.335. The Morgan fingerprint density at radius 2 is 2.31 bits per heavy atom. The largest absolute Gasteiger partial charge is 0.391 e. The molecule has 0 aliphatic carbocycles. The van der Waals surface area contributed by atoms with Gasteiger partial charge in [0.25, 0.3) is 0 Å². The molecule has 4 heteroatoms. The van der Waals surface area contributed by atoms with Crippen LogP contribution in [0.15, 0.2) is 0 Å². The first-order chi connectivity index (χ1) is 7.58. The second-order valence-electron chi connectivity index (χ2n) is 5.08. The molecule has 1 amide bonds. The molecule has 3 N–H and O–H groups in total. The van der Waals surface area contributed by atoms with Crippen molar-refractivity contribution in [2.75, 3.05) is 13.1 Å². The van der Waals surface area contributed by atoms with Crippen molar-refractivity contribution in [1.82, 2.24) is 10.6 Å². The number of nitrogens with one attached hydrogen (secondary N) is 2.